The van der Waals surface area contributed by atoms with Crippen LogP contribution in [0.25, 0.3) is 11.0 Å². The van der Waals surface area contributed by atoms with Gasteiger partial charge in [-0.3, -0.25) is 4.84 Å². The summed E-state index contributed by atoms with van der Waals surface area (Å²) >= 11 is 0. The van der Waals surface area contributed by atoms with Crippen molar-refractivity contribution in [3.05, 3.63) is 30.3 Å². The van der Waals surface area contributed by atoms with Gasteiger partial charge in [0.15, 0.2) is 5.72 Å². The number of hydrogen-bond donors (Lipinski definition) is 2. The average Bonchev–Trinajstić information content (AvgIpc) is 3.13. The third-order valence-electron chi connectivity index (χ3n) is 5.35. The topological polar surface area (TPSA) is 49.7 Å². The summed E-state index contributed by atoms with van der Waals surface area (Å²) in [5.41, 5.74) is 7.17. The van der Waals surface area contributed by atoms with Crippen LogP contribution in [0.3, 0.4) is 0 Å². The zero-order valence-corrected chi connectivity index (χ0v) is 11.8. The highest BCUT2D eigenvalue weighted by Crippen LogP contribution is 2.49. The molecule has 1 spiro atoms. The molecule has 0 amide bonds. The molecule has 1 aliphatic heterocycles. The molecule has 21 heavy (non-hydrogen) atoms. The third-order valence-corrected chi connectivity index (χ3v) is 5.35. The highest BCUT2D eigenvalue weighted by Gasteiger charge is 2.53. The highest BCUT2D eigenvalue weighted by molar-refractivity contribution is 5.80. The first-order valence-corrected chi connectivity index (χ1v) is 7.83. The molecule has 5 nitrogen and oxygen atoms in total. The summed E-state index contributed by atoms with van der Waals surface area (Å²) in [6.45, 7) is 0. The van der Waals surface area contributed by atoms with Crippen LogP contribution in [0, 0.1) is 11.8 Å². The third kappa shape index (κ3) is 1.75. The lowest BCUT2D eigenvalue weighted by molar-refractivity contribution is -0.153. The van der Waals surface area contributed by atoms with Gasteiger partial charge in [0.05, 0.1) is 0 Å². The number of anilines is 1. The van der Waals surface area contributed by atoms with E-state index < -0.39 is 0 Å². The molecule has 1 aromatic heterocycles. The van der Waals surface area contributed by atoms with Crippen molar-refractivity contribution in [3.63, 3.8) is 0 Å². The fourth-order valence-corrected chi connectivity index (χ4v) is 4.23. The van der Waals surface area contributed by atoms with Gasteiger partial charge in [-0.1, -0.05) is 23.8 Å². The number of nitrogens with zero attached hydrogens (tertiary/aromatic N) is 1. The molecule has 2 N–H and O–H groups in total. The lowest BCUT2D eigenvalue weighted by Gasteiger charge is -2.47. The fraction of sp³-hybridized carbons (Fsp3) is 0.500. The van der Waals surface area contributed by atoms with E-state index in [2.05, 4.69) is 17.1 Å². The van der Waals surface area contributed by atoms with E-state index in [0.717, 1.165) is 29.2 Å². The number of rotatable bonds is 1. The number of benzene rings is 1. The van der Waals surface area contributed by atoms with Gasteiger partial charge in [0.2, 0.25) is 5.88 Å². The van der Waals surface area contributed by atoms with Gasteiger partial charge in [-0.15, -0.1) is 0 Å². The van der Waals surface area contributed by atoms with Gasteiger partial charge in [0, 0.05) is 17.4 Å². The highest BCUT2D eigenvalue weighted by atomic mass is 16.7. The first-order chi connectivity index (χ1) is 10.3. The Morgan fingerprint density at radius 1 is 1.14 bits per heavy atom. The Bertz CT molecular complexity index is 644. The smallest absolute Gasteiger partial charge is 0.227 e. The summed E-state index contributed by atoms with van der Waals surface area (Å²) < 4.78 is 5.89. The molecule has 2 bridgehead atoms. The molecule has 5 heteroatoms. The SMILES string of the molecule is c1ccc2oc(N3NO[C@@]4(CC5CCC4CC5)N3)cc2c1. The minimum atomic E-state index is -0.250. The Morgan fingerprint density at radius 3 is 2.76 bits per heavy atom. The van der Waals surface area contributed by atoms with Crippen LogP contribution in [-0.4, -0.2) is 5.72 Å². The summed E-state index contributed by atoms with van der Waals surface area (Å²) in [4.78, 5) is 5.98. The van der Waals surface area contributed by atoms with E-state index in [1.807, 2.05) is 24.3 Å². The van der Waals surface area contributed by atoms with Crippen molar-refractivity contribution in [2.45, 2.75) is 37.8 Å². The molecule has 3 saturated carbocycles. The Hall–Kier alpha value is -1.56. The number of furan rings is 1. The van der Waals surface area contributed by atoms with Crippen LogP contribution in [0.4, 0.5) is 5.88 Å². The maximum Gasteiger partial charge on any atom is 0.227 e. The summed E-state index contributed by atoms with van der Waals surface area (Å²) in [6.07, 6.45) is 6.30. The second-order valence-corrected chi connectivity index (χ2v) is 6.57. The zero-order valence-electron chi connectivity index (χ0n) is 11.8. The maximum absolute atomic E-state index is 5.98. The second kappa shape index (κ2) is 4.22. The van der Waals surface area contributed by atoms with Crippen molar-refractivity contribution in [2.75, 3.05) is 5.12 Å². The number of para-hydroxylation sites is 1. The first kappa shape index (κ1) is 12.0. The van der Waals surface area contributed by atoms with Crippen LogP contribution in [0.5, 0.6) is 0 Å². The van der Waals surface area contributed by atoms with Crippen LogP contribution in [0.15, 0.2) is 34.7 Å². The average molecular weight is 285 g/mol. The molecule has 1 saturated heterocycles. The van der Waals surface area contributed by atoms with Gasteiger partial charge in [0.1, 0.15) is 5.58 Å². The molecule has 1 atom stereocenters. The van der Waals surface area contributed by atoms with E-state index in [4.69, 9.17) is 9.25 Å². The molecule has 4 fully saturated rings. The predicted molar refractivity (Wildman–Crippen MR) is 78.8 cm³/mol. The minimum absolute atomic E-state index is 0.250. The van der Waals surface area contributed by atoms with Crippen molar-refractivity contribution < 1.29 is 9.25 Å². The number of hydrogen-bond acceptors (Lipinski definition) is 5. The van der Waals surface area contributed by atoms with E-state index in [0.29, 0.717) is 5.92 Å². The lowest BCUT2D eigenvalue weighted by Crippen LogP contribution is -2.57. The summed E-state index contributed by atoms with van der Waals surface area (Å²) in [5.74, 6) is 2.12. The lowest BCUT2D eigenvalue weighted by atomic mass is 9.66. The molecular weight excluding hydrogens is 266 g/mol. The second-order valence-electron chi connectivity index (χ2n) is 6.57. The predicted octanol–water partition coefficient (Wildman–Crippen LogP) is 3.10. The summed E-state index contributed by atoms with van der Waals surface area (Å²) in [6, 6.07) is 10.1. The largest absolute Gasteiger partial charge is 0.438 e. The Balaban J connectivity index is 1.44. The molecule has 110 valence electrons. The minimum Gasteiger partial charge on any atom is -0.438 e. The van der Waals surface area contributed by atoms with Crippen molar-refractivity contribution in [1.82, 2.24) is 11.0 Å². The molecule has 0 radical (unpaired) electrons. The van der Waals surface area contributed by atoms with Crippen LogP contribution in [0.1, 0.15) is 32.1 Å². The van der Waals surface area contributed by atoms with Gasteiger partial charge in [-0.25, -0.2) is 0 Å². The summed E-state index contributed by atoms with van der Waals surface area (Å²) in [7, 11) is 0. The molecule has 1 aromatic carbocycles. The van der Waals surface area contributed by atoms with Crippen LogP contribution >= 0.6 is 0 Å². The fourth-order valence-electron chi connectivity index (χ4n) is 4.23. The number of nitrogens with one attached hydrogen (secondary N) is 2. The van der Waals surface area contributed by atoms with Gasteiger partial charge < -0.3 is 4.42 Å². The molecule has 2 heterocycles. The van der Waals surface area contributed by atoms with Crippen molar-refractivity contribution in [1.29, 1.82) is 0 Å². The van der Waals surface area contributed by atoms with Gasteiger partial charge in [0.25, 0.3) is 0 Å². The van der Waals surface area contributed by atoms with E-state index in [1.54, 1.807) is 5.12 Å². The normalized spacial score (nSPS) is 35.1. The first-order valence-electron chi connectivity index (χ1n) is 7.83. The van der Waals surface area contributed by atoms with Crippen molar-refractivity contribution in [3.8, 4) is 0 Å². The maximum atomic E-state index is 5.98. The molecule has 2 aromatic rings. The van der Waals surface area contributed by atoms with E-state index in [-0.39, 0.29) is 5.72 Å². The quantitative estimate of drug-likeness (QED) is 0.843. The van der Waals surface area contributed by atoms with E-state index >= 15 is 0 Å². The molecule has 6 rings (SSSR count). The number of fused-ring (bicyclic) bond motifs is 3. The van der Waals surface area contributed by atoms with E-state index in [1.165, 1.54) is 25.7 Å². The Kier molecular flexibility index (Phi) is 2.42. The van der Waals surface area contributed by atoms with Crippen molar-refractivity contribution >= 4 is 16.9 Å². The van der Waals surface area contributed by atoms with Crippen LogP contribution < -0.4 is 16.1 Å². The zero-order chi connectivity index (χ0) is 13.9. The summed E-state index contributed by atoms with van der Waals surface area (Å²) in [5, 5.41) is 2.89. The van der Waals surface area contributed by atoms with E-state index in [9.17, 15) is 0 Å². The number of hydrazine groups is 2. The molecule has 4 aliphatic rings. The molecular formula is C16H19N3O2. The van der Waals surface area contributed by atoms with Crippen LogP contribution in [0.2, 0.25) is 0 Å². The van der Waals surface area contributed by atoms with Crippen LogP contribution in [-0.2, 0) is 4.84 Å². The van der Waals surface area contributed by atoms with Crippen molar-refractivity contribution in [2.24, 2.45) is 11.8 Å². The Morgan fingerprint density at radius 2 is 2.00 bits per heavy atom. The molecule has 0 unspecified atom stereocenters. The van der Waals surface area contributed by atoms with Gasteiger partial charge in [-0.2, -0.15) is 10.5 Å². The Labute approximate surface area is 123 Å². The standard InChI is InChI=1S/C16H19N3O2/c1-2-4-14-12(3-1)9-15(20-14)19-17-16(21-18-19)10-11-5-7-13(16)8-6-11/h1-4,9,11,13,17-18H,5-8,10H2/t11?,13?,16-/m1/s1. The monoisotopic (exact) mass is 285 g/mol. The van der Waals surface area contributed by atoms with Gasteiger partial charge >= 0.3 is 0 Å². The molecule has 3 aliphatic carbocycles. The van der Waals surface area contributed by atoms with Gasteiger partial charge in [-0.05, 0) is 44.1 Å².